The quantitative estimate of drug-likeness (QED) is 0.575. The van der Waals surface area contributed by atoms with E-state index in [0.717, 1.165) is 10.6 Å². The zero-order valence-corrected chi connectivity index (χ0v) is 15.3. The average molecular weight is 384 g/mol. The lowest BCUT2D eigenvalue weighted by Crippen LogP contribution is -2.38. The number of carboxylic acid groups (broad SMARTS) is 1. The van der Waals surface area contributed by atoms with Gasteiger partial charge >= 0.3 is 5.97 Å². The molecular weight excluding hydrogens is 364 g/mol. The molecular formula is C20H20N2O6. The number of hydrogen-bond acceptors (Lipinski definition) is 5. The maximum Gasteiger partial charge on any atom is 0.307 e. The molecule has 3 amide bonds. The van der Waals surface area contributed by atoms with E-state index in [2.05, 4.69) is 0 Å². The first-order valence-electron chi connectivity index (χ1n) is 9.13. The van der Waals surface area contributed by atoms with Gasteiger partial charge in [-0.2, -0.15) is 0 Å². The number of rotatable bonds is 6. The van der Waals surface area contributed by atoms with Crippen molar-refractivity contribution in [2.75, 3.05) is 18.5 Å². The van der Waals surface area contributed by atoms with Crippen molar-refractivity contribution < 1.29 is 29.0 Å². The van der Waals surface area contributed by atoms with E-state index in [-0.39, 0.29) is 37.1 Å². The van der Waals surface area contributed by atoms with E-state index in [9.17, 15) is 19.2 Å². The first-order chi connectivity index (χ1) is 13.4. The third kappa shape index (κ3) is 2.90. The second kappa shape index (κ2) is 6.87. The molecule has 1 N–H and O–H groups in total. The van der Waals surface area contributed by atoms with E-state index in [1.54, 1.807) is 25.3 Å². The lowest BCUT2D eigenvalue weighted by atomic mass is 9.80. The number of imide groups is 1. The molecule has 8 heteroatoms. The monoisotopic (exact) mass is 384 g/mol. The fraction of sp³-hybridized carbons (Fsp3) is 0.400. The molecule has 4 atom stereocenters. The normalized spacial score (nSPS) is 27.8. The van der Waals surface area contributed by atoms with Gasteiger partial charge in [-0.15, -0.1) is 0 Å². The number of nitrogens with zero attached hydrogens (tertiary/aromatic N) is 2. The van der Waals surface area contributed by atoms with Gasteiger partial charge in [-0.3, -0.25) is 24.1 Å². The van der Waals surface area contributed by atoms with Crippen LogP contribution in [-0.4, -0.2) is 59.5 Å². The van der Waals surface area contributed by atoms with Crippen LogP contribution in [0.1, 0.15) is 12.8 Å². The van der Waals surface area contributed by atoms with Crippen LogP contribution in [-0.2, 0) is 23.9 Å². The third-order valence-electron chi connectivity index (χ3n) is 5.64. The molecule has 28 heavy (non-hydrogen) atoms. The molecule has 146 valence electrons. The van der Waals surface area contributed by atoms with Gasteiger partial charge < -0.3 is 14.7 Å². The third-order valence-corrected chi connectivity index (χ3v) is 5.64. The van der Waals surface area contributed by atoms with Gasteiger partial charge in [0.2, 0.25) is 17.7 Å². The molecule has 2 saturated heterocycles. The number of aliphatic carboxylic acids is 1. The van der Waals surface area contributed by atoms with Gasteiger partial charge in [-0.25, -0.2) is 0 Å². The maximum absolute atomic E-state index is 12.8. The first kappa shape index (κ1) is 18.4. The van der Waals surface area contributed by atoms with Gasteiger partial charge in [-0.1, -0.05) is 24.3 Å². The number of fused-ring (bicyclic) bond motifs is 5. The molecule has 0 aromatic heterocycles. The van der Waals surface area contributed by atoms with Crippen molar-refractivity contribution in [2.24, 2.45) is 11.8 Å². The van der Waals surface area contributed by atoms with Crippen molar-refractivity contribution in [3.05, 3.63) is 42.0 Å². The van der Waals surface area contributed by atoms with Crippen LogP contribution >= 0.6 is 0 Å². The number of carbonyl (C=O) groups is 4. The highest BCUT2D eigenvalue weighted by Crippen LogP contribution is 2.48. The predicted octanol–water partition coefficient (Wildman–Crippen LogP) is 0.823. The topological polar surface area (TPSA) is 104 Å². The summed E-state index contributed by atoms with van der Waals surface area (Å²) in [5.41, 5.74) is 1.28. The van der Waals surface area contributed by atoms with Gasteiger partial charge in [0, 0.05) is 25.7 Å². The van der Waals surface area contributed by atoms with Crippen LogP contribution in [0.2, 0.25) is 0 Å². The van der Waals surface area contributed by atoms with Gasteiger partial charge in [-0.05, 0) is 17.7 Å². The number of amides is 3. The molecule has 0 aliphatic carbocycles. The molecule has 3 aliphatic heterocycles. The zero-order valence-electron chi connectivity index (χ0n) is 15.3. The first-order valence-corrected chi connectivity index (χ1v) is 9.13. The summed E-state index contributed by atoms with van der Waals surface area (Å²) in [5, 5.41) is 9.00. The van der Waals surface area contributed by atoms with Crippen LogP contribution in [0.25, 0.3) is 0 Å². The summed E-state index contributed by atoms with van der Waals surface area (Å²) in [4.78, 5) is 51.6. The lowest BCUT2D eigenvalue weighted by molar-refractivity contribution is -0.143. The Bertz CT molecular complexity index is 880. The molecule has 2 bridgehead atoms. The molecule has 0 unspecified atom stereocenters. The predicted molar refractivity (Wildman–Crippen MR) is 97.2 cm³/mol. The number of anilines is 1. The molecule has 0 radical (unpaired) electrons. The van der Waals surface area contributed by atoms with Gasteiger partial charge in [0.15, 0.2) is 0 Å². The molecule has 0 saturated carbocycles. The minimum Gasteiger partial charge on any atom is -0.481 e. The Labute approximate surface area is 161 Å². The molecule has 2 fully saturated rings. The minimum absolute atomic E-state index is 0.00831. The molecule has 3 heterocycles. The smallest absolute Gasteiger partial charge is 0.307 e. The molecule has 1 aromatic rings. The summed E-state index contributed by atoms with van der Waals surface area (Å²) < 4.78 is 5.66. The lowest BCUT2D eigenvalue weighted by Gasteiger charge is -2.21. The van der Waals surface area contributed by atoms with Crippen LogP contribution in [0.5, 0.6) is 0 Å². The Morgan fingerprint density at radius 2 is 1.82 bits per heavy atom. The van der Waals surface area contributed by atoms with Crippen LogP contribution in [0, 0.1) is 11.8 Å². The van der Waals surface area contributed by atoms with Crippen molar-refractivity contribution in [1.82, 2.24) is 4.90 Å². The Hall–Kier alpha value is -3.00. The molecule has 3 aliphatic rings. The number of likely N-dealkylation sites (tertiary alicyclic amines) is 1. The number of para-hydroxylation sites is 1. The summed E-state index contributed by atoms with van der Waals surface area (Å²) in [6, 6.07) is 9.11. The number of carbonyl (C=O) groups excluding carboxylic acids is 3. The Morgan fingerprint density at radius 1 is 1.14 bits per heavy atom. The van der Waals surface area contributed by atoms with Crippen LogP contribution < -0.4 is 4.90 Å². The van der Waals surface area contributed by atoms with E-state index in [1.807, 2.05) is 18.2 Å². The fourth-order valence-corrected chi connectivity index (χ4v) is 4.27. The second-order valence-electron chi connectivity index (χ2n) is 7.25. The summed E-state index contributed by atoms with van der Waals surface area (Å²) in [6.07, 6.45) is 0.257. The number of ether oxygens (including phenoxy) is 1. The SMILES string of the molecule is CN(C(=O)CCN1C(=O)[C@@H]2[C@H](C1=O)[C@H]1C=C(CC(=O)O)[C@@H]2O1)c1ccccc1. The Kier molecular flexibility index (Phi) is 4.50. The van der Waals surface area contributed by atoms with E-state index in [0.29, 0.717) is 5.57 Å². The maximum atomic E-state index is 12.8. The molecule has 0 spiro atoms. The van der Waals surface area contributed by atoms with Gasteiger partial charge in [0.25, 0.3) is 0 Å². The number of benzene rings is 1. The standard InChI is InChI=1S/C20H20N2O6/c1-21(12-5-3-2-4-6-12)14(23)7-8-22-19(26)16-13-9-11(10-15(24)25)18(28-13)17(16)20(22)27/h2-6,9,13,16-18H,7-8,10H2,1H3,(H,24,25)/t13-,16-,17-,18+/m1/s1. The number of hydrogen-bond donors (Lipinski definition) is 1. The van der Waals surface area contributed by atoms with E-state index < -0.39 is 30.0 Å². The summed E-state index contributed by atoms with van der Waals surface area (Å²) in [6.45, 7) is 0.00831. The highest BCUT2D eigenvalue weighted by molar-refractivity contribution is 6.07. The second-order valence-corrected chi connectivity index (χ2v) is 7.25. The van der Waals surface area contributed by atoms with Crippen molar-refractivity contribution in [3.63, 3.8) is 0 Å². The van der Waals surface area contributed by atoms with Crippen LogP contribution in [0.15, 0.2) is 42.0 Å². The molecule has 4 rings (SSSR count). The number of carboxylic acids is 1. The fourth-order valence-electron chi connectivity index (χ4n) is 4.27. The summed E-state index contributed by atoms with van der Waals surface area (Å²) >= 11 is 0. The van der Waals surface area contributed by atoms with E-state index >= 15 is 0 Å². The van der Waals surface area contributed by atoms with E-state index in [4.69, 9.17) is 9.84 Å². The van der Waals surface area contributed by atoms with Gasteiger partial charge in [0.1, 0.15) is 0 Å². The van der Waals surface area contributed by atoms with Crippen molar-refractivity contribution in [2.45, 2.75) is 25.0 Å². The van der Waals surface area contributed by atoms with Gasteiger partial charge in [0.05, 0.1) is 30.5 Å². The molecule has 8 nitrogen and oxygen atoms in total. The highest BCUT2D eigenvalue weighted by Gasteiger charge is 2.62. The largest absolute Gasteiger partial charge is 0.481 e. The van der Waals surface area contributed by atoms with E-state index in [1.165, 1.54) is 4.90 Å². The zero-order chi connectivity index (χ0) is 20.0. The Morgan fingerprint density at radius 3 is 2.50 bits per heavy atom. The minimum atomic E-state index is -0.998. The Balaban J connectivity index is 1.42. The van der Waals surface area contributed by atoms with Crippen LogP contribution in [0.3, 0.4) is 0 Å². The van der Waals surface area contributed by atoms with Crippen LogP contribution in [0.4, 0.5) is 5.69 Å². The summed E-state index contributed by atoms with van der Waals surface area (Å²) in [5.74, 6) is -3.22. The summed E-state index contributed by atoms with van der Waals surface area (Å²) in [7, 11) is 1.65. The average Bonchev–Trinajstić information content (AvgIpc) is 3.31. The van der Waals surface area contributed by atoms with Crippen molar-refractivity contribution in [1.29, 1.82) is 0 Å². The highest BCUT2D eigenvalue weighted by atomic mass is 16.5. The molecule has 1 aromatic carbocycles. The van der Waals surface area contributed by atoms with Crippen molar-refractivity contribution >= 4 is 29.4 Å². The van der Waals surface area contributed by atoms with Crippen molar-refractivity contribution in [3.8, 4) is 0 Å².